The van der Waals surface area contributed by atoms with E-state index in [-0.39, 0.29) is 11.6 Å². The number of likely N-dealkylation sites (tertiary alicyclic amines) is 1. The third kappa shape index (κ3) is 2.94. The fourth-order valence-corrected chi connectivity index (χ4v) is 2.57. The molecule has 7 heteroatoms. The van der Waals surface area contributed by atoms with Gasteiger partial charge in [0.05, 0.1) is 36.9 Å². The molecule has 0 radical (unpaired) electrons. The van der Waals surface area contributed by atoms with E-state index < -0.39 is 0 Å². The quantitative estimate of drug-likeness (QED) is 0.936. The Labute approximate surface area is 128 Å². The van der Waals surface area contributed by atoms with Crippen molar-refractivity contribution in [2.45, 2.75) is 19.4 Å². The Morgan fingerprint density at radius 1 is 1.41 bits per heavy atom. The molecule has 1 aliphatic heterocycles. The fraction of sp³-hybridized carbons (Fsp3) is 0.400. The van der Waals surface area contributed by atoms with Crippen LogP contribution < -0.4 is 5.32 Å². The SMILES string of the molecule is CCOC1(C)CN(C(=O)Nc2cnn(-c3ccncc3)c2)C1. The second-order valence-electron chi connectivity index (χ2n) is 5.55. The van der Waals surface area contributed by atoms with Crippen LogP contribution in [-0.2, 0) is 4.74 Å². The smallest absolute Gasteiger partial charge is 0.322 e. The number of nitrogens with zero attached hydrogens (tertiary/aromatic N) is 4. The van der Waals surface area contributed by atoms with Crippen molar-refractivity contribution in [3.63, 3.8) is 0 Å². The Bertz CT molecular complexity index is 649. The average Bonchev–Trinajstić information content (AvgIpc) is 2.94. The van der Waals surface area contributed by atoms with Crippen molar-refractivity contribution in [2.75, 3.05) is 25.0 Å². The maximum Gasteiger partial charge on any atom is 0.322 e. The van der Waals surface area contributed by atoms with Gasteiger partial charge in [0.25, 0.3) is 0 Å². The molecule has 7 nitrogen and oxygen atoms in total. The van der Waals surface area contributed by atoms with Crippen molar-refractivity contribution in [1.82, 2.24) is 19.7 Å². The molecule has 3 rings (SSSR count). The highest BCUT2D eigenvalue weighted by atomic mass is 16.5. The van der Waals surface area contributed by atoms with E-state index in [9.17, 15) is 4.79 Å². The van der Waals surface area contributed by atoms with Crippen molar-refractivity contribution < 1.29 is 9.53 Å². The van der Waals surface area contributed by atoms with Gasteiger partial charge in [0.2, 0.25) is 0 Å². The summed E-state index contributed by atoms with van der Waals surface area (Å²) in [5.41, 5.74) is 1.34. The van der Waals surface area contributed by atoms with Crippen LogP contribution in [0.2, 0.25) is 0 Å². The third-order valence-corrected chi connectivity index (χ3v) is 3.59. The second kappa shape index (κ2) is 5.76. The number of carbonyl (C=O) groups excluding carboxylic acids is 1. The molecule has 1 saturated heterocycles. The van der Waals surface area contributed by atoms with Crippen LogP contribution in [0, 0.1) is 0 Å². The first-order valence-corrected chi connectivity index (χ1v) is 7.24. The van der Waals surface area contributed by atoms with Gasteiger partial charge in [-0.1, -0.05) is 0 Å². The molecule has 0 spiro atoms. The van der Waals surface area contributed by atoms with Gasteiger partial charge < -0.3 is 15.0 Å². The molecule has 1 aliphatic rings. The molecule has 0 aromatic carbocycles. The number of pyridine rings is 1. The molecule has 3 heterocycles. The van der Waals surface area contributed by atoms with Crippen LogP contribution >= 0.6 is 0 Å². The van der Waals surface area contributed by atoms with Crippen molar-refractivity contribution in [3.05, 3.63) is 36.9 Å². The number of carbonyl (C=O) groups is 1. The van der Waals surface area contributed by atoms with Gasteiger partial charge in [0.15, 0.2) is 0 Å². The number of ether oxygens (including phenoxy) is 1. The Balaban J connectivity index is 1.58. The summed E-state index contributed by atoms with van der Waals surface area (Å²) in [6, 6.07) is 3.56. The monoisotopic (exact) mass is 301 g/mol. The predicted molar refractivity (Wildman–Crippen MR) is 82.0 cm³/mol. The van der Waals surface area contributed by atoms with E-state index in [1.807, 2.05) is 26.0 Å². The first-order valence-electron chi connectivity index (χ1n) is 7.24. The van der Waals surface area contributed by atoms with Crippen LogP contribution in [0.4, 0.5) is 10.5 Å². The molecule has 1 fully saturated rings. The van der Waals surface area contributed by atoms with E-state index in [4.69, 9.17) is 4.74 Å². The lowest BCUT2D eigenvalue weighted by molar-refractivity contribution is -0.108. The molecular formula is C15H19N5O2. The van der Waals surface area contributed by atoms with Gasteiger partial charge >= 0.3 is 6.03 Å². The summed E-state index contributed by atoms with van der Waals surface area (Å²) in [6.45, 7) is 5.84. The highest BCUT2D eigenvalue weighted by Gasteiger charge is 2.42. The number of urea groups is 1. The van der Waals surface area contributed by atoms with Crippen LogP contribution in [0.3, 0.4) is 0 Å². The van der Waals surface area contributed by atoms with E-state index in [1.54, 1.807) is 34.4 Å². The maximum absolute atomic E-state index is 12.1. The highest BCUT2D eigenvalue weighted by molar-refractivity contribution is 5.89. The zero-order valence-electron chi connectivity index (χ0n) is 12.7. The number of anilines is 1. The Morgan fingerprint density at radius 2 is 2.14 bits per heavy atom. The minimum absolute atomic E-state index is 0.133. The molecule has 0 saturated carbocycles. The number of rotatable bonds is 4. The first kappa shape index (κ1) is 14.5. The number of hydrogen-bond acceptors (Lipinski definition) is 4. The molecule has 2 aromatic heterocycles. The summed E-state index contributed by atoms with van der Waals surface area (Å²) in [6.07, 6.45) is 6.79. The van der Waals surface area contributed by atoms with Gasteiger partial charge in [-0.3, -0.25) is 4.98 Å². The number of amides is 2. The van der Waals surface area contributed by atoms with Crippen LogP contribution in [0.1, 0.15) is 13.8 Å². The second-order valence-corrected chi connectivity index (χ2v) is 5.55. The maximum atomic E-state index is 12.1. The molecular weight excluding hydrogens is 282 g/mol. The van der Waals surface area contributed by atoms with Crippen molar-refractivity contribution in [2.24, 2.45) is 0 Å². The number of aromatic nitrogens is 3. The lowest BCUT2D eigenvalue weighted by atomic mass is 9.97. The summed E-state index contributed by atoms with van der Waals surface area (Å²) >= 11 is 0. The van der Waals surface area contributed by atoms with Crippen molar-refractivity contribution >= 4 is 11.7 Å². The first-order chi connectivity index (χ1) is 10.6. The third-order valence-electron chi connectivity index (χ3n) is 3.59. The standard InChI is InChI=1S/C15H19N5O2/c1-3-22-15(2)10-19(11-15)14(21)18-12-8-17-20(9-12)13-4-6-16-7-5-13/h4-9H,3,10-11H2,1-2H3,(H,18,21). The van der Waals surface area contributed by atoms with Crippen molar-refractivity contribution in [1.29, 1.82) is 0 Å². The largest absolute Gasteiger partial charge is 0.372 e. The summed E-state index contributed by atoms with van der Waals surface area (Å²) in [7, 11) is 0. The van der Waals surface area contributed by atoms with Gasteiger partial charge in [-0.15, -0.1) is 0 Å². The number of nitrogens with one attached hydrogen (secondary N) is 1. The van der Waals surface area contributed by atoms with Gasteiger partial charge in [-0.2, -0.15) is 5.10 Å². The van der Waals surface area contributed by atoms with E-state index >= 15 is 0 Å². The summed E-state index contributed by atoms with van der Waals surface area (Å²) in [5.74, 6) is 0. The summed E-state index contributed by atoms with van der Waals surface area (Å²) in [4.78, 5) is 17.8. The molecule has 0 aliphatic carbocycles. The van der Waals surface area contributed by atoms with E-state index in [0.717, 1.165) is 5.69 Å². The summed E-state index contributed by atoms with van der Waals surface area (Å²) < 4.78 is 7.31. The molecule has 1 N–H and O–H groups in total. The summed E-state index contributed by atoms with van der Waals surface area (Å²) in [5, 5.41) is 7.08. The zero-order valence-corrected chi connectivity index (χ0v) is 12.7. The lowest BCUT2D eigenvalue weighted by Gasteiger charge is -2.47. The Morgan fingerprint density at radius 3 is 2.82 bits per heavy atom. The molecule has 116 valence electrons. The normalized spacial score (nSPS) is 16.2. The minimum Gasteiger partial charge on any atom is -0.372 e. The van der Waals surface area contributed by atoms with Crippen LogP contribution in [0.15, 0.2) is 36.9 Å². The van der Waals surface area contributed by atoms with E-state index in [0.29, 0.717) is 25.4 Å². The van der Waals surface area contributed by atoms with Crippen LogP contribution in [0.25, 0.3) is 5.69 Å². The molecule has 22 heavy (non-hydrogen) atoms. The predicted octanol–water partition coefficient (Wildman–Crippen LogP) is 1.91. The van der Waals surface area contributed by atoms with Gasteiger partial charge in [0, 0.05) is 19.0 Å². The number of hydrogen-bond donors (Lipinski definition) is 1. The Hall–Kier alpha value is -2.41. The topological polar surface area (TPSA) is 72.3 Å². The lowest BCUT2D eigenvalue weighted by Crippen LogP contribution is -2.63. The van der Waals surface area contributed by atoms with Gasteiger partial charge in [-0.05, 0) is 26.0 Å². The van der Waals surface area contributed by atoms with E-state index in [2.05, 4.69) is 15.4 Å². The highest BCUT2D eigenvalue weighted by Crippen LogP contribution is 2.25. The molecule has 0 bridgehead atoms. The molecule has 0 unspecified atom stereocenters. The van der Waals surface area contributed by atoms with E-state index in [1.165, 1.54) is 0 Å². The average molecular weight is 301 g/mol. The van der Waals surface area contributed by atoms with Crippen molar-refractivity contribution in [3.8, 4) is 5.69 Å². The van der Waals surface area contributed by atoms with Crippen LogP contribution in [0.5, 0.6) is 0 Å². The van der Waals surface area contributed by atoms with Gasteiger partial charge in [-0.25, -0.2) is 9.48 Å². The van der Waals surface area contributed by atoms with Gasteiger partial charge in [0.1, 0.15) is 5.60 Å². The molecule has 2 aromatic rings. The minimum atomic E-state index is -0.215. The zero-order chi connectivity index (χ0) is 15.6. The Kier molecular flexibility index (Phi) is 3.81. The molecule has 2 amide bonds. The fourth-order valence-electron chi connectivity index (χ4n) is 2.57. The van der Waals surface area contributed by atoms with Crippen LogP contribution in [-0.4, -0.2) is 51.0 Å². The molecule has 0 atom stereocenters.